The van der Waals surface area contributed by atoms with Crippen LogP contribution < -0.4 is 4.74 Å². The quantitative estimate of drug-likeness (QED) is 0.639. The molecule has 4 aliphatic carbocycles. The monoisotopic (exact) mass is 479 g/mol. The molecule has 3 fully saturated rings. The smallest absolute Gasteiger partial charge is 0.274 e. The van der Waals surface area contributed by atoms with E-state index >= 15 is 0 Å². The number of aromatic nitrogens is 1. The van der Waals surface area contributed by atoms with Crippen LogP contribution in [0.1, 0.15) is 58.8 Å². The van der Waals surface area contributed by atoms with Crippen molar-refractivity contribution in [3.05, 3.63) is 35.9 Å². The molecule has 0 aliphatic heterocycles. The lowest BCUT2D eigenvalue weighted by Gasteiger charge is -2.59. The van der Waals surface area contributed by atoms with Gasteiger partial charge in [-0.25, -0.2) is 4.98 Å². The molecule has 0 bridgehead atoms. The lowest BCUT2D eigenvalue weighted by molar-refractivity contribution is -0.146. The zero-order valence-electron chi connectivity index (χ0n) is 20.0. The Bertz CT molecular complexity index is 1150. The number of Topliss-reactive ketones (excluding diaryl/α,β-unsaturated/α-hetero) is 1. The fourth-order valence-corrected chi connectivity index (χ4v) is 9.18. The highest BCUT2D eigenvalue weighted by atomic mass is 32.1. The fourth-order valence-electron chi connectivity index (χ4n) is 8.36. The summed E-state index contributed by atoms with van der Waals surface area (Å²) in [4.78, 5) is 30.0. The van der Waals surface area contributed by atoms with Crippen molar-refractivity contribution >= 4 is 33.1 Å². The molecule has 3 saturated carbocycles. The van der Waals surface area contributed by atoms with E-state index < -0.39 is 6.10 Å². The molecular formula is C28H33NO4S. The lowest BCUT2D eigenvalue weighted by atomic mass is 9.46. The molecule has 6 unspecified atom stereocenters. The molecule has 0 amide bonds. The van der Waals surface area contributed by atoms with E-state index in [2.05, 4.69) is 18.8 Å². The minimum atomic E-state index is -0.438. The Hall–Kier alpha value is -2.05. The first-order valence-corrected chi connectivity index (χ1v) is 13.5. The van der Waals surface area contributed by atoms with Crippen LogP contribution in [0.25, 0.3) is 10.2 Å². The zero-order chi connectivity index (χ0) is 23.7. The van der Waals surface area contributed by atoms with Gasteiger partial charge < -0.3 is 9.84 Å². The molecule has 5 nitrogen and oxygen atoms in total. The molecule has 1 N–H and O–H groups in total. The van der Waals surface area contributed by atoms with Crippen LogP contribution in [0, 0.1) is 34.5 Å². The number of carbonyl (C=O) groups is 2. The number of aliphatic hydroxyl groups is 1. The zero-order valence-corrected chi connectivity index (χ0v) is 20.8. The van der Waals surface area contributed by atoms with E-state index in [0.29, 0.717) is 29.9 Å². The highest BCUT2D eigenvalue weighted by Crippen LogP contribution is 2.66. The van der Waals surface area contributed by atoms with E-state index in [4.69, 9.17) is 4.74 Å². The van der Waals surface area contributed by atoms with E-state index in [1.165, 1.54) is 16.9 Å². The topological polar surface area (TPSA) is 76.5 Å². The van der Waals surface area contributed by atoms with Gasteiger partial charge in [-0.2, -0.15) is 0 Å². The third kappa shape index (κ3) is 3.32. The number of hydrogen-bond acceptors (Lipinski definition) is 6. The van der Waals surface area contributed by atoms with Gasteiger partial charge in [0.2, 0.25) is 0 Å². The molecule has 34 heavy (non-hydrogen) atoms. The third-order valence-electron chi connectivity index (χ3n) is 9.89. The molecule has 0 saturated heterocycles. The van der Waals surface area contributed by atoms with Crippen LogP contribution >= 0.6 is 11.3 Å². The van der Waals surface area contributed by atoms with Crippen molar-refractivity contribution < 1.29 is 19.4 Å². The summed E-state index contributed by atoms with van der Waals surface area (Å²) in [6.45, 7) is 4.56. The van der Waals surface area contributed by atoms with Crippen molar-refractivity contribution in [2.45, 2.75) is 64.9 Å². The van der Waals surface area contributed by atoms with Crippen LogP contribution in [0.3, 0.4) is 0 Å². The van der Waals surface area contributed by atoms with Crippen molar-refractivity contribution in [3.8, 4) is 5.19 Å². The van der Waals surface area contributed by atoms with Crippen molar-refractivity contribution in [2.75, 3.05) is 6.61 Å². The Morgan fingerprint density at radius 3 is 2.85 bits per heavy atom. The number of allylic oxidation sites excluding steroid dienone is 1. The average Bonchev–Trinajstić information content (AvgIpc) is 3.37. The Morgan fingerprint density at radius 2 is 2.03 bits per heavy atom. The highest BCUT2D eigenvalue weighted by Gasteiger charge is 2.62. The van der Waals surface area contributed by atoms with E-state index in [-0.39, 0.29) is 40.8 Å². The standard InChI is InChI=1S/C28H33NO4S/c1-27-12-11-17(30)13-16(27)7-8-18-19-9-10-20(28(19,2)14-22(31)25(18)27)23(32)15-33-26-29-21-5-3-4-6-24(21)34-26/h3-6,13,18-20,22,25,31H,7-12,14-15H2,1-2H3/t18?,19?,20?,22-,25?,27?,28?/m0/s1. The lowest BCUT2D eigenvalue weighted by Crippen LogP contribution is -2.57. The Labute approximate surface area is 204 Å². The maximum absolute atomic E-state index is 13.4. The van der Waals surface area contributed by atoms with Crippen LogP contribution in [-0.4, -0.2) is 34.4 Å². The van der Waals surface area contributed by atoms with Crippen LogP contribution in [0.2, 0.25) is 0 Å². The number of ether oxygens (including phenoxy) is 1. The molecule has 0 spiro atoms. The van der Waals surface area contributed by atoms with Crippen LogP contribution in [-0.2, 0) is 9.59 Å². The number of ketones is 2. The second kappa shape index (κ2) is 7.99. The van der Waals surface area contributed by atoms with Gasteiger partial charge in [0.1, 0.15) is 6.61 Å². The summed E-state index contributed by atoms with van der Waals surface area (Å²) < 4.78 is 6.93. The average molecular weight is 480 g/mol. The number of thiazole rings is 1. The predicted octanol–water partition coefficient (Wildman–Crippen LogP) is 5.36. The second-order valence-electron chi connectivity index (χ2n) is 11.5. The van der Waals surface area contributed by atoms with Gasteiger partial charge in [0.05, 0.1) is 16.3 Å². The summed E-state index contributed by atoms with van der Waals surface area (Å²) in [5, 5.41) is 12.1. The maximum Gasteiger partial charge on any atom is 0.274 e. The van der Waals surface area contributed by atoms with Gasteiger partial charge in [0, 0.05) is 12.3 Å². The second-order valence-corrected chi connectivity index (χ2v) is 12.5. The summed E-state index contributed by atoms with van der Waals surface area (Å²) in [5.41, 5.74) is 1.86. The number of aliphatic hydroxyl groups excluding tert-OH is 1. The molecule has 180 valence electrons. The van der Waals surface area contributed by atoms with Gasteiger partial charge in [-0.1, -0.05) is 42.9 Å². The first-order valence-electron chi connectivity index (χ1n) is 12.7. The molecule has 6 heteroatoms. The van der Waals surface area contributed by atoms with Gasteiger partial charge in [0.25, 0.3) is 5.19 Å². The van der Waals surface area contributed by atoms with Crippen LogP contribution in [0.5, 0.6) is 5.19 Å². The van der Waals surface area contributed by atoms with Crippen molar-refractivity contribution in [1.82, 2.24) is 4.98 Å². The van der Waals surface area contributed by atoms with E-state index in [9.17, 15) is 14.7 Å². The SMILES string of the molecule is CC12CCC(=O)C=C1CCC1C2[C@@H](O)CC2(C)C(C(=O)COc3nc4ccccc4s3)CCC12. The summed E-state index contributed by atoms with van der Waals surface area (Å²) >= 11 is 1.47. The molecule has 2 aromatic rings. The molecule has 1 aromatic carbocycles. The van der Waals surface area contributed by atoms with Gasteiger partial charge >= 0.3 is 0 Å². The fraction of sp³-hybridized carbons (Fsp3) is 0.607. The number of nitrogens with zero attached hydrogens (tertiary/aromatic N) is 1. The first kappa shape index (κ1) is 22.4. The van der Waals surface area contributed by atoms with E-state index in [1.807, 2.05) is 30.3 Å². The Balaban J connectivity index is 1.20. The molecule has 6 rings (SSSR count). The predicted molar refractivity (Wildman–Crippen MR) is 132 cm³/mol. The molecular weight excluding hydrogens is 446 g/mol. The summed E-state index contributed by atoms with van der Waals surface area (Å²) in [7, 11) is 0. The van der Waals surface area contributed by atoms with Crippen molar-refractivity contribution in [2.24, 2.45) is 34.5 Å². The van der Waals surface area contributed by atoms with Gasteiger partial charge in [0.15, 0.2) is 11.6 Å². The maximum atomic E-state index is 13.4. The summed E-state index contributed by atoms with van der Waals surface area (Å²) in [6, 6.07) is 7.90. The Kier molecular flexibility index (Phi) is 5.27. The van der Waals surface area contributed by atoms with Gasteiger partial charge in [-0.15, -0.1) is 0 Å². The molecule has 0 radical (unpaired) electrons. The number of rotatable bonds is 4. The number of carbonyl (C=O) groups excluding carboxylic acids is 2. The van der Waals surface area contributed by atoms with Crippen LogP contribution in [0.15, 0.2) is 35.9 Å². The largest absolute Gasteiger partial charge is 0.462 e. The summed E-state index contributed by atoms with van der Waals surface area (Å²) in [5.74, 6) is 1.33. The first-order chi connectivity index (χ1) is 16.3. The van der Waals surface area contributed by atoms with Gasteiger partial charge in [-0.3, -0.25) is 9.59 Å². The van der Waals surface area contributed by atoms with Crippen molar-refractivity contribution in [1.29, 1.82) is 0 Å². The number of fused-ring (bicyclic) bond motifs is 6. The molecule has 4 aliphatic rings. The number of hydrogen-bond donors (Lipinski definition) is 1. The highest BCUT2D eigenvalue weighted by molar-refractivity contribution is 7.20. The molecule has 1 aromatic heterocycles. The summed E-state index contributed by atoms with van der Waals surface area (Å²) in [6.07, 6.45) is 7.40. The number of para-hydroxylation sites is 1. The van der Waals surface area contributed by atoms with Gasteiger partial charge in [-0.05, 0) is 85.3 Å². The van der Waals surface area contributed by atoms with E-state index in [1.54, 1.807) is 0 Å². The molecule has 7 atom stereocenters. The van der Waals surface area contributed by atoms with Crippen molar-refractivity contribution in [3.63, 3.8) is 0 Å². The normalized spacial score (nSPS) is 39.2. The molecule has 1 heterocycles. The Morgan fingerprint density at radius 1 is 1.21 bits per heavy atom. The van der Waals surface area contributed by atoms with E-state index in [0.717, 1.165) is 42.3 Å². The third-order valence-corrected chi connectivity index (χ3v) is 10.8. The minimum Gasteiger partial charge on any atom is -0.462 e. The number of benzene rings is 1. The minimum absolute atomic E-state index is 0.0453. The van der Waals surface area contributed by atoms with Crippen LogP contribution in [0.4, 0.5) is 0 Å².